The molecule has 4 rings (SSSR count). The molecule has 1 heterocycles. The number of ether oxygens (including phenoxy) is 1. The number of hydrogen-bond acceptors (Lipinski definition) is 7. The number of non-ortho nitro benzene ring substituents is 1. The van der Waals surface area contributed by atoms with Crippen molar-refractivity contribution in [3.05, 3.63) is 103 Å². The summed E-state index contributed by atoms with van der Waals surface area (Å²) in [6, 6.07) is 12.3. The molecule has 192 valence electrons. The number of nitro groups is 1. The first-order chi connectivity index (χ1) is 18.0. The van der Waals surface area contributed by atoms with Crippen molar-refractivity contribution >= 4 is 64.5 Å². The SMILES string of the molecule is O=C1NC(=O)N(c2ccc([N+](=O)[O-])cc2)C(=O)/C1=C/c1cc(Cl)cc(Cl)c1OCc1ccc(C(=O)O)cc1. The van der Waals surface area contributed by atoms with Gasteiger partial charge in [-0.3, -0.25) is 25.0 Å². The zero-order chi connectivity index (χ0) is 27.6. The van der Waals surface area contributed by atoms with Crippen LogP contribution in [0.25, 0.3) is 6.08 Å². The monoisotopic (exact) mass is 555 g/mol. The number of carbonyl (C=O) groups excluding carboxylic acids is 3. The molecule has 4 amide bonds. The van der Waals surface area contributed by atoms with Crippen molar-refractivity contribution in [2.24, 2.45) is 0 Å². The van der Waals surface area contributed by atoms with Gasteiger partial charge >= 0.3 is 12.0 Å². The van der Waals surface area contributed by atoms with Crippen LogP contribution < -0.4 is 15.0 Å². The normalized spacial score (nSPS) is 14.4. The fourth-order valence-electron chi connectivity index (χ4n) is 3.51. The number of carboxylic acid groups (broad SMARTS) is 1. The number of hydrogen-bond donors (Lipinski definition) is 2. The third-order valence-electron chi connectivity index (χ3n) is 5.34. The van der Waals surface area contributed by atoms with E-state index < -0.39 is 34.3 Å². The first-order valence-corrected chi connectivity index (χ1v) is 11.4. The third-order valence-corrected chi connectivity index (χ3v) is 5.84. The van der Waals surface area contributed by atoms with Gasteiger partial charge in [0, 0.05) is 22.7 Å². The number of amides is 4. The Hall–Kier alpha value is -4.74. The molecule has 0 atom stereocenters. The number of barbiturate groups is 1. The third kappa shape index (κ3) is 5.48. The number of aromatic carboxylic acids is 1. The minimum Gasteiger partial charge on any atom is -0.487 e. The first kappa shape index (κ1) is 26.3. The molecule has 1 saturated heterocycles. The van der Waals surface area contributed by atoms with E-state index >= 15 is 0 Å². The lowest BCUT2D eigenvalue weighted by atomic mass is 10.1. The lowest BCUT2D eigenvalue weighted by molar-refractivity contribution is -0.384. The highest BCUT2D eigenvalue weighted by Gasteiger charge is 2.37. The van der Waals surface area contributed by atoms with E-state index in [0.29, 0.717) is 10.5 Å². The Bertz CT molecular complexity index is 1520. The molecule has 0 aliphatic carbocycles. The lowest BCUT2D eigenvalue weighted by Gasteiger charge is -2.26. The van der Waals surface area contributed by atoms with Crippen molar-refractivity contribution in [2.45, 2.75) is 6.61 Å². The summed E-state index contributed by atoms with van der Waals surface area (Å²) in [7, 11) is 0. The smallest absolute Gasteiger partial charge is 0.335 e. The van der Waals surface area contributed by atoms with Gasteiger partial charge in [0.2, 0.25) is 0 Å². The molecule has 38 heavy (non-hydrogen) atoms. The predicted octanol–water partition coefficient (Wildman–Crippen LogP) is 4.85. The van der Waals surface area contributed by atoms with Crippen LogP contribution >= 0.6 is 23.2 Å². The molecule has 0 spiro atoms. The maximum absolute atomic E-state index is 13.2. The highest BCUT2D eigenvalue weighted by Crippen LogP contribution is 2.35. The van der Waals surface area contributed by atoms with E-state index in [2.05, 4.69) is 5.32 Å². The second-order valence-electron chi connectivity index (χ2n) is 7.83. The predicted molar refractivity (Wildman–Crippen MR) is 136 cm³/mol. The molecular formula is C25H15Cl2N3O8. The molecule has 1 aliphatic rings. The average Bonchev–Trinajstić information content (AvgIpc) is 2.86. The number of carboxylic acids is 1. The molecule has 0 bridgehead atoms. The molecule has 0 saturated carbocycles. The molecule has 0 aromatic heterocycles. The van der Waals surface area contributed by atoms with Crippen molar-refractivity contribution in [1.29, 1.82) is 0 Å². The van der Waals surface area contributed by atoms with Gasteiger partial charge in [-0.2, -0.15) is 0 Å². The Balaban J connectivity index is 1.67. The van der Waals surface area contributed by atoms with E-state index in [9.17, 15) is 29.3 Å². The highest BCUT2D eigenvalue weighted by molar-refractivity contribution is 6.40. The molecule has 11 nitrogen and oxygen atoms in total. The fourth-order valence-corrected chi connectivity index (χ4v) is 4.07. The van der Waals surface area contributed by atoms with Crippen LogP contribution in [0.2, 0.25) is 10.0 Å². The van der Waals surface area contributed by atoms with Crippen LogP contribution in [0.4, 0.5) is 16.2 Å². The Kier molecular flexibility index (Phi) is 7.42. The minimum atomic E-state index is -1.08. The number of halogens is 2. The summed E-state index contributed by atoms with van der Waals surface area (Å²) in [6.07, 6.45) is 1.16. The van der Waals surface area contributed by atoms with Gasteiger partial charge in [-0.25, -0.2) is 14.5 Å². The summed E-state index contributed by atoms with van der Waals surface area (Å²) in [5.74, 6) is -2.97. The number of carbonyl (C=O) groups is 4. The van der Waals surface area contributed by atoms with Crippen LogP contribution in [0.3, 0.4) is 0 Å². The second kappa shape index (κ2) is 10.7. The van der Waals surface area contributed by atoms with Gasteiger partial charge in [-0.1, -0.05) is 35.3 Å². The molecule has 3 aromatic rings. The minimum absolute atomic E-state index is 0.00177. The Morgan fingerprint density at radius 3 is 2.32 bits per heavy atom. The molecule has 1 aliphatic heterocycles. The van der Waals surface area contributed by atoms with Gasteiger partial charge in [0.15, 0.2) is 0 Å². The van der Waals surface area contributed by atoms with E-state index in [4.69, 9.17) is 33.0 Å². The molecule has 3 aromatic carbocycles. The Morgan fingerprint density at radius 1 is 1.05 bits per heavy atom. The molecular weight excluding hydrogens is 541 g/mol. The van der Waals surface area contributed by atoms with Crippen molar-refractivity contribution in [2.75, 3.05) is 4.90 Å². The lowest BCUT2D eigenvalue weighted by Crippen LogP contribution is -2.54. The summed E-state index contributed by atoms with van der Waals surface area (Å²) in [4.78, 5) is 60.2. The van der Waals surface area contributed by atoms with Gasteiger partial charge in [0.05, 0.1) is 21.2 Å². The van der Waals surface area contributed by atoms with Crippen LogP contribution in [0.5, 0.6) is 5.75 Å². The van der Waals surface area contributed by atoms with Gasteiger partial charge in [-0.15, -0.1) is 0 Å². The average molecular weight is 556 g/mol. The topological polar surface area (TPSA) is 156 Å². The number of benzene rings is 3. The number of nitrogens with one attached hydrogen (secondary N) is 1. The van der Waals surface area contributed by atoms with E-state index in [0.717, 1.165) is 18.2 Å². The number of imide groups is 2. The number of urea groups is 1. The number of rotatable bonds is 7. The summed E-state index contributed by atoms with van der Waals surface area (Å²) in [6.45, 7) is -0.0367. The van der Waals surface area contributed by atoms with Crippen LogP contribution in [0.1, 0.15) is 21.5 Å². The second-order valence-corrected chi connectivity index (χ2v) is 8.67. The molecule has 1 fully saturated rings. The fraction of sp³-hybridized carbons (Fsp3) is 0.0400. The number of anilines is 1. The molecule has 2 N–H and O–H groups in total. The van der Waals surface area contributed by atoms with Gasteiger partial charge in [0.1, 0.15) is 17.9 Å². The number of nitro benzene ring substituents is 1. The summed E-state index contributed by atoms with van der Waals surface area (Å²) in [5, 5.41) is 22.3. The Morgan fingerprint density at radius 2 is 1.71 bits per heavy atom. The van der Waals surface area contributed by atoms with Crippen LogP contribution in [0, 0.1) is 10.1 Å². The summed E-state index contributed by atoms with van der Waals surface area (Å²) >= 11 is 12.5. The van der Waals surface area contributed by atoms with Crippen LogP contribution in [-0.2, 0) is 16.2 Å². The standard InChI is InChI=1S/C25H15Cl2N3O8/c26-16-9-15(21(20(27)11-16)38-12-13-1-3-14(4-2-13)24(33)34)10-19-22(31)28-25(35)29(23(19)32)17-5-7-18(8-6-17)30(36)37/h1-11H,12H2,(H,33,34)(H,28,31,35)/b19-10+. The van der Waals surface area contributed by atoms with Crippen molar-refractivity contribution < 1.29 is 33.9 Å². The Labute approximate surface area is 224 Å². The van der Waals surface area contributed by atoms with Gasteiger partial charge in [0.25, 0.3) is 17.5 Å². The van der Waals surface area contributed by atoms with Crippen molar-refractivity contribution in [3.8, 4) is 5.75 Å². The summed E-state index contributed by atoms with van der Waals surface area (Å²) in [5.41, 5.74) is 0.164. The van der Waals surface area contributed by atoms with Gasteiger partial charge < -0.3 is 9.84 Å². The first-order valence-electron chi connectivity index (χ1n) is 10.6. The zero-order valence-corrected chi connectivity index (χ0v) is 20.5. The van der Waals surface area contributed by atoms with Crippen LogP contribution in [-0.4, -0.2) is 33.8 Å². The summed E-state index contributed by atoms with van der Waals surface area (Å²) < 4.78 is 5.82. The molecule has 0 radical (unpaired) electrons. The molecule has 0 unspecified atom stereocenters. The van der Waals surface area contributed by atoms with E-state index in [1.165, 1.54) is 36.4 Å². The maximum Gasteiger partial charge on any atom is 0.335 e. The van der Waals surface area contributed by atoms with Crippen molar-refractivity contribution in [1.82, 2.24) is 5.32 Å². The highest BCUT2D eigenvalue weighted by atomic mass is 35.5. The van der Waals surface area contributed by atoms with Crippen LogP contribution in [0.15, 0.2) is 66.2 Å². The van der Waals surface area contributed by atoms with Gasteiger partial charge in [-0.05, 0) is 48.0 Å². The largest absolute Gasteiger partial charge is 0.487 e. The van der Waals surface area contributed by atoms with E-state index in [1.807, 2.05) is 0 Å². The van der Waals surface area contributed by atoms with E-state index in [-0.39, 0.29) is 44.9 Å². The number of nitrogens with zero attached hydrogens (tertiary/aromatic N) is 2. The van der Waals surface area contributed by atoms with E-state index in [1.54, 1.807) is 12.1 Å². The quantitative estimate of drug-likeness (QED) is 0.181. The van der Waals surface area contributed by atoms with Crippen molar-refractivity contribution in [3.63, 3.8) is 0 Å². The maximum atomic E-state index is 13.2. The zero-order valence-electron chi connectivity index (χ0n) is 19.0. The molecule has 13 heteroatoms.